The molecule has 104 valence electrons. The van der Waals surface area contributed by atoms with Gasteiger partial charge in [-0.25, -0.2) is 0 Å². The van der Waals surface area contributed by atoms with E-state index in [-0.39, 0.29) is 17.4 Å². The zero-order valence-electron chi connectivity index (χ0n) is 10.1. The Balaban J connectivity index is 2.21. The van der Waals surface area contributed by atoms with Crippen molar-refractivity contribution >= 4 is 35.2 Å². The molecule has 0 radical (unpaired) electrons. The predicted molar refractivity (Wildman–Crippen MR) is 76.2 cm³/mol. The van der Waals surface area contributed by atoms with Crippen LogP contribution in [-0.4, -0.2) is 34.5 Å². The molecule has 4 N–H and O–H groups in total. The van der Waals surface area contributed by atoms with Crippen molar-refractivity contribution in [2.45, 2.75) is 12.6 Å². The summed E-state index contributed by atoms with van der Waals surface area (Å²) in [5, 5.41) is 11.9. The maximum absolute atomic E-state index is 11.5. The summed E-state index contributed by atoms with van der Waals surface area (Å²) >= 11 is 6.94. The first-order valence-electron chi connectivity index (χ1n) is 5.56. The van der Waals surface area contributed by atoms with Crippen molar-refractivity contribution in [1.82, 2.24) is 5.32 Å². The smallest absolute Gasteiger partial charge is 0.321 e. The zero-order valence-corrected chi connectivity index (χ0v) is 11.7. The van der Waals surface area contributed by atoms with Crippen molar-refractivity contribution in [1.29, 1.82) is 0 Å². The van der Waals surface area contributed by atoms with Crippen molar-refractivity contribution in [2.24, 2.45) is 5.73 Å². The van der Waals surface area contributed by atoms with Gasteiger partial charge < -0.3 is 16.2 Å². The Hall–Kier alpha value is -1.24. The third-order valence-corrected chi connectivity index (χ3v) is 3.56. The Morgan fingerprint density at radius 2 is 2.00 bits per heavy atom. The van der Waals surface area contributed by atoms with Crippen LogP contribution in [0.4, 0.5) is 0 Å². The third kappa shape index (κ3) is 6.47. The number of carboxylic acid groups (broad SMARTS) is 1. The van der Waals surface area contributed by atoms with Crippen LogP contribution in [0.5, 0.6) is 0 Å². The normalized spacial score (nSPS) is 11.9. The van der Waals surface area contributed by atoms with Gasteiger partial charge in [-0.1, -0.05) is 23.7 Å². The fourth-order valence-electron chi connectivity index (χ4n) is 1.20. The van der Waals surface area contributed by atoms with Crippen LogP contribution in [0, 0.1) is 0 Å². The summed E-state index contributed by atoms with van der Waals surface area (Å²) in [4.78, 5) is 22.0. The second kappa shape index (κ2) is 8.04. The maximum atomic E-state index is 11.5. The second-order valence-electron chi connectivity index (χ2n) is 3.86. The van der Waals surface area contributed by atoms with Crippen molar-refractivity contribution in [2.75, 3.05) is 11.5 Å². The molecule has 1 aromatic carbocycles. The molecule has 1 atom stereocenters. The lowest BCUT2D eigenvalue weighted by molar-refractivity contribution is -0.138. The zero-order chi connectivity index (χ0) is 14.3. The maximum Gasteiger partial charge on any atom is 0.321 e. The van der Waals surface area contributed by atoms with E-state index < -0.39 is 12.0 Å². The molecule has 0 aromatic heterocycles. The number of thioether (sulfide) groups is 1. The highest BCUT2D eigenvalue weighted by molar-refractivity contribution is 8.00. The fourth-order valence-corrected chi connectivity index (χ4v) is 2.13. The summed E-state index contributed by atoms with van der Waals surface area (Å²) in [7, 11) is 0. The first-order chi connectivity index (χ1) is 8.99. The molecule has 0 aliphatic carbocycles. The number of carbonyl (C=O) groups excluding carboxylic acids is 1. The molecule has 0 bridgehead atoms. The van der Waals surface area contributed by atoms with Gasteiger partial charge in [-0.05, 0) is 17.7 Å². The second-order valence-corrected chi connectivity index (χ2v) is 5.33. The van der Waals surface area contributed by atoms with Crippen LogP contribution < -0.4 is 11.1 Å². The molecule has 1 rings (SSSR count). The minimum absolute atomic E-state index is 0.155. The van der Waals surface area contributed by atoms with E-state index in [0.29, 0.717) is 11.6 Å². The Kier molecular flexibility index (Phi) is 6.69. The number of benzene rings is 1. The molecule has 0 saturated carbocycles. The van der Waals surface area contributed by atoms with Gasteiger partial charge in [0.25, 0.3) is 0 Å². The van der Waals surface area contributed by atoms with E-state index in [1.165, 1.54) is 11.8 Å². The first-order valence-corrected chi connectivity index (χ1v) is 7.09. The molecular formula is C12H15ClN2O3S. The van der Waals surface area contributed by atoms with E-state index >= 15 is 0 Å². The summed E-state index contributed by atoms with van der Waals surface area (Å²) in [5.41, 5.74) is 6.27. The summed E-state index contributed by atoms with van der Waals surface area (Å²) in [6.07, 6.45) is 0. The molecule has 19 heavy (non-hydrogen) atoms. The number of carboxylic acids is 1. The van der Waals surface area contributed by atoms with Gasteiger partial charge in [0.05, 0.1) is 5.75 Å². The molecule has 5 nitrogen and oxygen atoms in total. The Morgan fingerprint density at radius 1 is 1.37 bits per heavy atom. The van der Waals surface area contributed by atoms with Gasteiger partial charge in [-0.2, -0.15) is 0 Å². The number of carbonyl (C=O) groups is 2. The average Bonchev–Trinajstić information content (AvgIpc) is 2.37. The van der Waals surface area contributed by atoms with Crippen LogP contribution in [0.3, 0.4) is 0 Å². The van der Waals surface area contributed by atoms with E-state index in [2.05, 4.69) is 5.32 Å². The van der Waals surface area contributed by atoms with Crippen LogP contribution in [0.15, 0.2) is 24.3 Å². The molecule has 0 unspecified atom stereocenters. The molecule has 7 heteroatoms. The lowest BCUT2D eigenvalue weighted by atomic mass is 10.2. The summed E-state index contributed by atoms with van der Waals surface area (Å²) in [6.45, 7) is 0.418. The predicted octanol–water partition coefficient (Wildman–Crippen LogP) is 1.10. The number of amides is 1. The van der Waals surface area contributed by atoms with Gasteiger partial charge in [0.15, 0.2) is 0 Å². The van der Waals surface area contributed by atoms with Gasteiger partial charge in [-0.15, -0.1) is 11.8 Å². The molecule has 0 fully saturated rings. The number of nitrogens with one attached hydrogen (secondary N) is 1. The third-order valence-electron chi connectivity index (χ3n) is 2.25. The van der Waals surface area contributed by atoms with E-state index in [1.54, 1.807) is 12.1 Å². The van der Waals surface area contributed by atoms with Crippen LogP contribution in [0.1, 0.15) is 5.56 Å². The van der Waals surface area contributed by atoms with Crippen molar-refractivity contribution in [3.8, 4) is 0 Å². The first kappa shape index (κ1) is 15.8. The van der Waals surface area contributed by atoms with Gasteiger partial charge in [-0.3, -0.25) is 9.59 Å². The van der Waals surface area contributed by atoms with E-state index in [4.69, 9.17) is 22.4 Å². The number of halogens is 1. The van der Waals surface area contributed by atoms with Gasteiger partial charge >= 0.3 is 5.97 Å². The Morgan fingerprint density at radius 3 is 2.58 bits per heavy atom. The number of hydrogen-bond donors (Lipinski definition) is 3. The number of nitrogens with two attached hydrogens (primary N) is 1. The van der Waals surface area contributed by atoms with E-state index in [0.717, 1.165) is 5.56 Å². The standard InChI is InChI=1S/C12H15ClN2O3S/c13-9-3-1-8(2-4-9)5-15-11(16)7-19-6-10(14)12(17)18/h1-4,10H,5-7,14H2,(H,15,16)(H,17,18)/t10-/m0/s1. The minimum Gasteiger partial charge on any atom is -0.480 e. The highest BCUT2D eigenvalue weighted by Gasteiger charge is 2.12. The number of aliphatic carboxylic acids is 1. The number of rotatable bonds is 7. The van der Waals surface area contributed by atoms with E-state index in [1.807, 2.05) is 12.1 Å². The Bertz CT molecular complexity index is 439. The molecule has 0 saturated heterocycles. The molecular weight excluding hydrogens is 288 g/mol. The fraction of sp³-hybridized carbons (Fsp3) is 0.333. The van der Waals surface area contributed by atoms with Gasteiger partial charge in [0.1, 0.15) is 6.04 Å². The average molecular weight is 303 g/mol. The van der Waals surface area contributed by atoms with Crippen LogP contribution in [0.2, 0.25) is 5.02 Å². The van der Waals surface area contributed by atoms with Crippen molar-refractivity contribution in [3.63, 3.8) is 0 Å². The largest absolute Gasteiger partial charge is 0.480 e. The molecule has 0 aliphatic heterocycles. The highest BCUT2D eigenvalue weighted by Crippen LogP contribution is 2.09. The quantitative estimate of drug-likeness (QED) is 0.701. The van der Waals surface area contributed by atoms with Crippen LogP contribution in [-0.2, 0) is 16.1 Å². The Labute approximate surface area is 120 Å². The summed E-state index contributed by atoms with van der Waals surface area (Å²) < 4.78 is 0. The monoisotopic (exact) mass is 302 g/mol. The summed E-state index contributed by atoms with van der Waals surface area (Å²) in [6, 6.07) is 6.23. The molecule has 1 aromatic rings. The van der Waals surface area contributed by atoms with Crippen LogP contribution >= 0.6 is 23.4 Å². The molecule has 0 aliphatic rings. The van der Waals surface area contributed by atoms with Crippen molar-refractivity contribution in [3.05, 3.63) is 34.9 Å². The summed E-state index contributed by atoms with van der Waals surface area (Å²) in [5.74, 6) is -0.815. The topological polar surface area (TPSA) is 92.4 Å². The SMILES string of the molecule is N[C@@H](CSCC(=O)NCc1ccc(Cl)cc1)C(=O)O. The molecule has 1 amide bonds. The van der Waals surface area contributed by atoms with E-state index in [9.17, 15) is 9.59 Å². The molecule has 0 spiro atoms. The van der Waals surface area contributed by atoms with Gasteiger partial charge in [0.2, 0.25) is 5.91 Å². The minimum atomic E-state index is -1.06. The lowest BCUT2D eigenvalue weighted by Crippen LogP contribution is -2.33. The lowest BCUT2D eigenvalue weighted by Gasteiger charge is -2.07. The van der Waals surface area contributed by atoms with Crippen LogP contribution in [0.25, 0.3) is 0 Å². The van der Waals surface area contributed by atoms with Gasteiger partial charge in [0, 0.05) is 17.3 Å². The highest BCUT2D eigenvalue weighted by atomic mass is 35.5. The van der Waals surface area contributed by atoms with Crippen molar-refractivity contribution < 1.29 is 14.7 Å². The number of hydrogen-bond acceptors (Lipinski definition) is 4. The molecule has 0 heterocycles.